The Labute approximate surface area is 143 Å². The van der Waals surface area contributed by atoms with E-state index in [2.05, 4.69) is 9.80 Å². The normalized spacial score (nSPS) is 33.1. The molecule has 6 nitrogen and oxygen atoms in total. The second kappa shape index (κ2) is 7.54. The lowest BCUT2D eigenvalue weighted by Crippen LogP contribution is -2.46. The van der Waals surface area contributed by atoms with Crippen LogP contribution in [0.5, 0.6) is 0 Å². The molecule has 3 aliphatic heterocycles. The summed E-state index contributed by atoms with van der Waals surface area (Å²) in [6.45, 7) is 8.91. The predicted molar refractivity (Wildman–Crippen MR) is 88.9 cm³/mol. The Bertz CT molecular complexity index is 503. The molecule has 0 aliphatic carbocycles. The molecule has 4 heterocycles. The summed E-state index contributed by atoms with van der Waals surface area (Å²) in [5.74, 6) is 1.01. The minimum Gasteiger partial charge on any atom is -0.468 e. The number of nitrogens with zero attached hydrogens (tertiary/aromatic N) is 2. The molecule has 0 bridgehead atoms. The number of hydrogen-bond donors (Lipinski definition) is 0. The summed E-state index contributed by atoms with van der Waals surface area (Å²) in [5.41, 5.74) is -0.153. The van der Waals surface area contributed by atoms with E-state index in [0.29, 0.717) is 12.7 Å². The molecule has 2 atom stereocenters. The number of furan rings is 1. The Hall–Kier alpha value is -0.920. The van der Waals surface area contributed by atoms with Crippen LogP contribution in [0.2, 0.25) is 0 Å². The monoisotopic (exact) mass is 336 g/mol. The van der Waals surface area contributed by atoms with Gasteiger partial charge in [0.2, 0.25) is 0 Å². The molecule has 1 aromatic rings. The van der Waals surface area contributed by atoms with Crippen LogP contribution in [0, 0.1) is 0 Å². The first kappa shape index (κ1) is 16.5. The Morgan fingerprint density at radius 3 is 2.75 bits per heavy atom. The van der Waals surface area contributed by atoms with E-state index in [9.17, 15) is 0 Å². The van der Waals surface area contributed by atoms with Gasteiger partial charge >= 0.3 is 0 Å². The van der Waals surface area contributed by atoms with Crippen LogP contribution in [-0.2, 0) is 20.8 Å². The van der Waals surface area contributed by atoms with Gasteiger partial charge in [-0.1, -0.05) is 0 Å². The maximum atomic E-state index is 6.54. The van der Waals surface area contributed by atoms with E-state index in [1.54, 1.807) is 6.26 Å². The van der Waals surface area contributed by atoms with E-state index in [4.69, 9.17) is 18.6 Å². The smallest absolute Gasteiger partial charge is 0.117 e. The topological polar surface area (TPSA) is 47.3 Å². The molecule has 1 spiro atoms. The van der Waals surface area contributed by atoms with Crippen molar-refractivity contribution >= 4 is 0 Å². The van der Waals surface area contributed by atoms with Crippen molar-refractivity contribution in [1.82, 2.24) is 9.80 Å². The SMILES string of the molecule is c1coc(CN2CCOC[C@]3(CC[C@@H](CN4CCOCC4)O3)C2)c1. The van der Waals surface area contributed by atoms with Crippen LogP contribution < -0.4 is 0 Å². The van der Waals surface area contributed by atoms with Gasteiger partial charge in [-0.05, 0) is 25.0 Å². The number of ether oxygens (including phenoxy) is 3. The summed E-state index contributed by atoms with van der Waals surface area (Å²) in [5, 5.41) is 0. The van der Waals surface area contributed by atoms with Crippen LogP contribution in [0.4, 0.5) is 0 Å². The Balaban J connectivity index is 1.34. The van der Waals surface area contributed by atoms with Gasteiger partial charge in [0.15, 0.2) is 0 Å². The average molecular weight is 336 g/mol. The molecule has 1 aromatic heterocycles. The van der Waals surface area contributed by atoms with Gasteiger partial charge in [-0.3, -0.25) is 9.80 Å². The number of morpholine rings is 1. The molecule has 4 rings (SSSR count). The number of rotatable bonds is 4. The lowest BCUT2D eigenvalue weighted by molar-refractivity contribution is -0.0969. The largest absolute Gasteiger partial charge is 0.468 e. The van der Waals surface area contributed by atoms with Crippen molar-refractivity contribution in [1.29, 1.82) is 0 Å². The lowest BCUT2D eigenvalue weighted by Gasteiger charge is -2.33. The van der Waals surface area contributed by atoms with Gasteiger partial charge in [-0.2, -0.15) is 0 Å². The highest BCUT2D eigenvalue weighted by Gasteiger charge is 2.43. The predicted octanol–water partition coefficient (Wildman–Crippen LogP) is 1.36. The summed E-state index contributed by atoms with van der Waals surface area (Å²) in [4.78, 5) is 4.87. The molecule has 3 aliphatic rings. The van der Waals surface area contributed by atoms with E-state index in [1.807, 2.05) is 12.1 Å². The Morgan fingerprint density at radius 1 is 1.08 bits per heavy atom. The fourth-order valence-corrected chi connectivity index (χ4v) is 4.06. The molecular formula is C18H28N2O4. The summed E-state index contributed by atoms with van der Waals surface area (Å²) in [7, 11) is 0. The standard InChI is InChI=1S/C18H28N2O4/c1-2-16(23-8-1)12-20-7-11-22-15-18(14-20)4-3-17(24-18)13-19-5-9-21-10-6-19/h1-2,8,17H,3-7,9-15H2/t17-,18-/m0/s1. The summed E-state index contributed by atoms with van der Waals surface area (Å²) < 4.78 is 23.4. The first-order chi connectivity index (χ1) is 11.8. The zero-order chi connectivity index (χ0) is 16.2. The lowest BCUT2D eigenvalue weighted by atomic mass is 10.00. The van der Waals surface area contributed by atoms with E-state index >= 15 is 0 Å². The third-order valence-corrected chi connectivity index (χ3v) is 5.29. The molecule has 0 saturated carbocycles. The highest BCUT2D eigenvalue weighted by atomic mass is 16.6. The minimum absolute atomic E-state index is 0.153. The molecule has 0 radical (unpaired) electrons. The van der Waals surface area contributed by atoms with E-state index in [0.717, 1.165) is 77.7 Å². The van der Waals surface area contributed by atoms with Gasteiger partial charge < -0.3 is 18.6 Å². The zero-order valence-corrected chi connectivity index (χ0v) is 14.3. The third kappa shape index (κ3) is 4.00. The van der Waals surface area contributed by atoms with Gasteiger partial charge in [0.25, 0.3) is 0 Å². The molecule has 6 heteroatoms. The van der Waals surface area contributed by atoms with E-state index in [1.165, 1.54) is 0 Å². The highest BCUT2D eigenvalue weighted by molar-refractivity contribution is 5.00. The second-order valence-electron chi connectivity index (χ2n) is 7.22. The van der Waals surface area contributed by atoms with Crippen LogP contribution in [0.1, 0.15) is 18.6 Å². The van der Waals surface area contributed by atoms with Crippen LogP contribution >= 0.6 is 0 Å². The quantitative estimate of drug-likeness (QED) is 0.827. The summed E-state index contributed by atoms with van der Waals surface area (Å²) in [6, 6.07) is 3.99. The van der Waals surface area contributed by atoms with Crippen molar-refractivity contribution in [3.63, 3.8) is 0 Å². The van der Waals surface area contributed by atoms with E-state index < -0.39 is 0 Å². The molecular weight excluding hydrogens is 308 g/mol. The molecule has 3 saturated heterocycles. The number of hydrogen-bond acceptors (Lipinski definition) is 6. The first-order valence-corrected chi connectivity index (χ1v) is 9.12. The Morgan fingerprint density at radius 2 is 1.92 bits per heavy atom. The average Bonchev–Trinajstić information content (AvgIpc) is 3.18. The van der Waals surface area contributed by atoms with Crippen molar-refractivity contribution in [3.8, 4) is 0 Å². The molecule has 0 aromatic carbocycles. The first-order valence-electron chi connectivity index (χ1n) is 9.12. The van der Waals surface area contributed by atoms with Gasteiger partial charge in [0.1, 0.15) is 11.4 Å². The van der Waals surface area contributed by atoms with Crippen LogP contribution in [0.15, 0.2) is 22.8 Å². The Kier molecular flexibility index (Phi) is 5.20. The van der Waals surface area contributed by atoms with Gasteiger partial charge in [-0.15, -0.1) is 0 Å². The van der Waals surface area contributed by atoms with Crippen LogP contribution in [-0.4, -0.2) is 80.7 Å². The van der Waals surface area contributed by atoms with Crippen molar-refractivity contribution in [2.24, 2.45) is 0 Å². The maximum Gasteiger partial charge on any atom is 0.117 e. The highest BCUT2D eigenvalue weighted by Crippen LogP contribution is 2.34. The fraction of sp³-hybridized carbons (Fsp3) is 0.778. The van der Waals surface area contributed by atoms with Crippen molar-refractivity contribution in [2.75, 3.05) is 59.2 Å². The fourth-order valence-electron chi connectivity index (χ4n) is 4.06. The van der Waals surface area contributed by atoms with Gasteiger partial charge in [-0.25, -0.2) is 0 Å². The second-order valence-corrected chi connectivity index (χ2v) is 7.22. The van der Waals surface area contributed by atoms with Crippen LogP contribution in [0.3, 0.4) is 0 Å². The maximum absolute atomic E-state index is 6.54. The van der Waals surface area contributed by atoms with Crippen molar-refractivity contribution in [3.05, 3.63) is 24.2 Å². The summed E-state index contributed by atoms with van der Waals surface area (Å²) in [6.07, 6.45) is 4.26. The van der Waals surface area contributed by atoms with Crippen LogP contribution in [0.25, 0.3) is 0 Å². The molecule has 0 amide bonds. The molecule has 0 unspecified atom stereocenters. The van der Waals surface area contributed by atoms with Crippen molar-refractivity contribution in [2.45, 2.75) is 31.1 Å². The van der Waals surface area contributed by atoms with Gasteiger partial charge in [0.05, 0.1) is 45.3 Å². The zero-order valence-electron chi connectivity index (χ0n) is 14.3. The van der Waals surface area contributed by atoms with Gasteiger partial charge in [0, 0.05) is 32.7 Å². The van der Waals surface area contributed by atoms with Crippen molar-refractivity contribution < 1.29 is 18.6 Å². The molecule has 3 fully saturated rings. The minimum atomic E-state index is -0.153. The molecule has 134 valence electrons. The molecule has 0 N–H and O–H groups in total. The summed E-state index contributed by atoms with van der Waals surface area (Å²) >= 11 is 0. The van der Waals surface area contributed by atoms with E-state index in [-0.39, 0.29) is 5.60 Å². The third-order valence-electron chi connectivity index (χ3n) is 5.29. The molecule has 24 heavy (non-hydrogen) atoms.